The molecule has 7 heteroatoms. The molecule has 0 aliphatic heterocycles. The summed E-state index contributed by atoms with van der Waals surface area (Å²) in [5.74, 6) is 6.51. The van der Waals surface area contributed by atoms with Crippen molar-refractivity contribution in [3.05, 3.63) is 30.3 Å². The number of hydrazine groups is 1. The van der Waals surface area contributed by atoms with Gasteiger partial charge < -0.3 is 16.5 Å². The number of hydrogen-bond donors (Lipinski definition) is 4. The van der Waals surface area contributed by atoms with Gasteiger partial charge in [-0.05, 0) is 30.5 Å². The smallest absolute Gasteiger partial charge is 0.223 e. The number of hydrogen-bond acceptors (Lipinski definition) is 7. The van der Waals surface area contributed by atoms with E-state index >= 15 is 0 Å². The minimum atomic E-state index is 0.161. The molecule has 0 unspecified atom stereocenters. The third-order valence-electron chi connectivity index (χ3n) is 2.25. The maximum atomic E-state index is 5.57. The number of thioether (sulfide) groups is 1. The molecule has 1 aromatic carbocycles. The van der Waals surface area contributed by atoms with Gasteiger partial charge in [0.2, 0.25) is 5.95 Å². The summed E-state index contributed by atoms with van der Waals surface area (Å²) < 4.78 is 0. The SMILES string of the molecule is CSc1ccc(Nc2cc(NN)nc(N)n2)cc1. The zero-order valence-corrected chi connectivity index (χ0v) is 10.7. The minimum absolute atomic E-state index is 0.161. The molecule has 0 atom stereocenters. The lowest BCUT2D eigenvalue weighted by Gasteiger charge is -2.08. The summed E-state index contributed by atoms with van der Waals surface area (Å²) in [6, 6.07) is 9.68. The zero-order chi connectivity index (χ0) is 13.0. The largest absolute Gasteiger partial charge is 0.368 e. The van der Waals surface area contributed by atoms with Crippen LogP contribution in [-0.2, 0) is 0 Å². The van der Waals surface area contributed by atoms with Gasteiger partial charge in [0.05, 0.1) is 0 Å². The highest BCUT2D eigenvalue weighted by Crippen LogP contribution is 2.21. The summed E-state index contributed by atoms with van der Waals surface area (Å²) in [7, 11) is 0. The quantitative estimate of drug-likeness (QED) is 0.378. The number of nitrogens with two attached hydrogens (primary N) is 2. The third kappa shape index (κ3) is 3.02. The van der Waals surface area contributed by atoms with Crippen molar-refractivity contribution in [2.45, 2.75) is 4.90 Å². The molecule has 18 heavy (non-hydrogen) atoms. The molecule has 6 nitrogen and oxygen atoms in total. The summed E-state index contributed by atoms with van der Waals surface area (Å²) in [6.07, 6.45) is 2.03. The number of nitrogens with one attached hydrogen (secondary N) is 2. The monoisotopic (exact) mass is 262 g/mol. The molecular weight excluding hydrogens is 248 g/mol. The molecule has 2 aromatic rings. The lowest BCUT2D eigenvalue weighted by molar-refractivity contribution is 1.15. The van der Waals surface area contributed by atoms with E-state index in [0.717, 1.165) is 5.69 Å². The first-order chi connectivity index (χ1) is 8.71. The van der Waals surface area contributed by atoms with E-state index in [4.69, 9.17) is 11.6 Å². The van der Waals surface area contributed by atoms with Gasteiger partial charge in [-0.1, -0.05) is 0 Å². The second kappa shape index (κ2) is 5.56. The van der Waals surface area contributed by atoms with E-state index in [1.807, 2.05) is 30.5 Å². The number of benzene rings is 1. The van der Waals surface area contributed by atoms with Crippen LogP contribution < -0.4 is 22.3 Å². The molecule has 0 bridgehead atoms. The Balaban J connectivity index is 2.19. The lowest BCUT2D eigenvalue weighted by Crippen LogP contribution is -2.11. The Kier molecular flexibility index (Phi) is 3.85. The van der Waals surface area contributed by atoms with Crippen molar-refractivity contribution in [3.63, 3.8) is 0 Å². The molecule has 6 N–H and O–H groups in total. The summed E-state index contributed by atoms with van der Waals surface area (Å²) in [5.41, 5.74) is 8.94. The maximum Gasteiger partial charge on any atom is 0.223 e. The Hall–Kier alpha value is -1.99. The summed E-state index contributed by atoms with van der Waals surface area (Å²) >= 11 is 1.69. The van der Waals surface area contributed by atoms with E-state index in [1.165, 1.54) is 4.90 Å². The average molecular weight is 262 g/mol. The first kappa shape index (κ1) is 12.5. The highest BCUT2D eigenvalue weighted by atomic mass is 32.2. The Morgan fingerprint density at radius 3 is 2.39 bits per heavy atom. The number of rotatable bonds is 4. The molecule has 0 saturated heterocycles. The molecule has 0 aliphatic rings. The van der Waals surface area contributed by atoms with Gasteiger partial charge in [-0.3, -0.25) is 0 Å². The fraction of sp³-hybridized carbons (Fsp3) is 0.0909. The summed E-state index contributed by atoms with van der Waals surface area (Å²) in [4.78, 5) is 9.18. The van der Waals surface area contributed by atoms with Crippen LogP contribution in [0.25, 0.3) is 0 Å². The van der Waals surface area contributed by atoms with Crippen molar-refractivity contribution in [1.29, 1.82) is 0 Å². The summed E-state index contributed by atoms with van der Waals surface area (Å²) in [5, 5.41) is 3.13. The predicted molar refractivity (Wildman–Crippen MR) is 75.8 cm³/mol. The van der Waals surface area contributed by atoms with Gasteiger partial charge in [0.15, 0.2) is 0 Å². The van der Waals surface area contributed by atoms with Crippen LogP contribution in [0.5, 0.6) is 0 Å². The average Bonchev–Trinajstić information content (AvgIpc) is 2.39. The van der Waals surface area contributed by atoms with E-state index in [0.29, 0.717) is 11.6 Å². The Morgan fingerprint density at radius 1 is 1.11 bits per heavy atom. The van der Waals surface area contributed by atoms with E-state index in [1.54, 1.807) is 17.8 Å². The van der Waals surface area contributed by atoms with E-state index in [9.17, 15) is 0 Å². The molecular formula is C11H14N6S. The maximum absolute atomic E-state index is 5.57. The van der Waals surface area contributed by atoms with Crippen LogP contribution in [0.15, 0.2) is 35.2 Å². The fourth-order valence-electron chi connectivity index (χ4n) is 1.43. The topological polar surface area (TPSA) is 102 Å². The molecule has 0 radical (unpaired) electrons. The minimum Gasteiger partial charge on any atom is -0.368 e. The molecule has 1 heterocycles. The summed E-state index contributed by atoms with van der Waals surface area (Å²) in [6.45, 7) is 0. The van der Waals surface area contributed by atoms with Crippen LogP contribution >= 0.6 is 11.8 Å². The number of nitrogens with zero attached hydrogens (tertiary/aromatic N) is 2. The second-order valence-electron chi connectivity index (χ2n) is 3.49. The van der Waals surface area contributed by atoms with Gasteiger partial charge >= 0.3 is 0 Å². The number of aromatic nitrogens is 2. The first-order valence-corrected chi connectivity index (χ1v) is 6.46. The Labute approximate surface area is 109 Å². The van der Waals surface area contributed by atoms with Crippen LogP contribution in [-0.4, -0.2) is 16.2 Å². The van der Waals surface area contributed by atoms with Gasteiger partial charge in [-0.2, -0.15) is 9.97 Å². The zero-order valence-electron chi connectivity index (χ0n) is 9.84. The van der Waals surface area contributed by atoms with Crippen molar-refractivity contribution in [2.24, 2.45) is 5.84 Å². The van der Waals surface area contributed by atoms with Crippen LogP contribution in [0.3, 0.4) is 0 Å². The Morgan fingerprint density at radius 2 is 1.78 bits per heavy atom. The Bertz CT molecular complexity index is 528. The number of nitrogen functional groups attached to an aromatic ring is 2. The van der Waals surface area contributed by atoms with Gasteiger partial charge in [0, 0.05) is 16.6 Å². The molecule has 0 aliphatic carbocycles. The third-order valence-corrected chi connectivity index (χ3v) is 3.00. The van der Waals surface area contributed by atoms with Crippen molar-refractivity contribution in [2.75, 3.05) is 22.7 Å². The van der Waals surface area contributed by atoms with Crippen molar-refractivity contribution in [3.8, 4) is 0 Å². The van der Waals surface area contributed by atoms with Crippen LogP contribution in [0.4, 0.5) is 23.3 Å². The molecule has 2 rings (SSSR count). The normalized spacial score (nSPS) is 10.1. The van der Waals surface area contributed by atoms with E-state index in [2.05, 4.69) is 20.7 Å². The van der Waals surface area contributed by atoms with Gasteiger partial charge in [-0.15, -0.1) is 11.8 Å². The molecule has 0 fully saturated rings. The molecule has 0 spiro atoms. The highest BCUT2D eigenvalue weighted by molar-refractivity contribution is 7.98. The van der Waals surface area contributed by atoms with Crippen LogP contribution in [0, 0.1) is 0 Å². The van der Waals surface area contributed by atoms with Gasteiger partial charge in [0.25, 0.3) is 0 Å². The van der Waals surface area contributed by atoms with Crippen molar-refractivity contribution >= 4 is 35.0 Å². The van der Waals surface area contributed by atoms with Crippen LogP contribution in [0.1, 0.15) is 0 Å². The number of anilines is 4. The highest BCUT2D eigenvalue weighted by Gasteiger charge is 2.02. The molecule has 0 amide bonds. The lowest BCUT2D eigenvalue weighted by atomic mass is 10.3. The standard InChI is InChI=1S/C11H14N6S/c1-18-8-4-2-7(3-5-8)14-9-6-10(17-13)16-11(12)15-9/h2-6H,13H2,1H3,(H4,12,14,15,16,17). The first-order valence-electron chi connectivity index (χ1n) is 5.23. The second-order valence-corrected chi connectivity index (χ2v) is 4.37. The predicted octanol–water partition coefficient (Wildman–Crippen LogP) is 1.81. The molecule has 94 valence electrons. The fourth-order valence-corrected chi connectivity index (χ4v) is 1.83. The van der Waals surface area contributed by atoms with Crippen LogP contribution in [0.2, 0.25) is 0 Å². The van der Waals surface area contributed by atoms with Gasteiger partial charge in [0.1, 0.15) is 11.6 Å². The van der Waals surface area contributed by atoms with Crippen molar-refractivity contribution < 1.29 is 0 Å². The van der Waals surface area contributed by atoms with Crippen molar-refractivity contribution in [1.82, 2.24) is 9.97 Å². The molecule has 1 aromatic heterocycles. The van der Waals surface area contributed by atoms with E-state index in [-0.39, 0.29) is 5.95 Å². The van der Waals surface area contributed by atoms with E-state index < -0.39 is 0 Å². The van der Waals surface area contributed by atoms with Gasteiger partial charge in [-0.25, -0.2) is 5.84 Å². The molecule has 0 saturated carbocycles.